The normalized spacial score (nSPS) is 15.7. The zero-order valence-electron chi connectivity index (χ0n) is 15.4. The third kappa shape index (κ3) is 3.79. The number of amides is 2. The van der Waals surface area contributed by atoms with Crippen LogP contribution in [-0.2, 0) is 9.59 Å². The van der Waals surface area contributed by atoms with E-state index >= 15 is 0 Å². The van der Waals surface area contributed by atoms with E-state index in [4.69, 9.17) is 12.2 Å². The Labute approximate surface area is 181 Å². The van der Waals surface area contributed by atoms with E-state index in [0.717, 1.165) is 15.7 Å². The van der Waals surface area contributed by atoms with Crippen LogP contribution in [0.4, 0.5) is 5.69 Å². The van der Waals surface area contributed by atoms with Gasteiger partial charge in [-0.15, -0.1) is 0 Å². The summed E-state index contributed by atoms with van der Waals surface area (Å²) >= 11 is 8.67. The van der Waals surface area contributed by atoms with E-state index in [2.05, 4.69) is 21.2 Å². The third-order valence-electron chi connectivity index (χ3n) is 4.57. The molecule has 1 N–H and O–H groups in total. The molecule has 144 valence electrons. The van der Waals surface area contributed by atoms with E-state index in [-0.39, 0.29) is 10.7 Å². The highest BCUT2D eigenvalue weighted by atomic mass is 79.9. The van der Waals surface area contributed by atoms with E-state index in [0.29, 0.717) is 11.4 Å². The van der Waals surface area contributed by atoms with Gasteiger partial charge in [0.2, 0.25) is 0 Å². The second kappa shape index (κ2) is 7.77. The highest BCUT2D eigenvalue weighted by molar-refractivity contribution is 9.10. The molecule has 1 aliphatic heterocycles. The molecule has 3 aromatic rings. The van der Waals surface area contributed by atoms with E-state index in [1.54, 1.807) is 18.2 Å². The quantitative estimate of drug-likeness (QED) is 0.354. The molecule has 0 aliphatic carbocycles. The van der Waals surface area contributed by atoms with Gasteiger partial charge in [0.1, 0.15) is 5.57 Å². The van der Waals surface area contributed by atoms with Crippen molar-refractivity contribution in [3.05, 3.63) is 88.2 Å². The predicted octanol–water partition coefficient (Wildman–Crippen LogP) is 4.38. The number of nitrogens with one attached hydrogen (secondary N) is 1. The summed E-state index contributed by atoms with van der Waals surface area (Å²) in [5.41, 5.74) is 3.33. The van der Waals surface area contributed by atoms with Crippen LogP contribution >= 0.6 is 28.1 Å². The van der Waals surface area contributed by atoms with Gasteiger partial charge in [0.05, 0.1) is 5.69 Å². The first kappa shape index (κ1) is 19.3. The van der Waals surface area contributed by atoms with Crippen LogP contribution in [-0.4, -0.2) is 21.5 Å². The van der Waals surface area contributed by atoms with Crippen molar-refractivity contribution >= 4 is 56.8 Å². The van der Waals surface area contributed by atoms with Gasteiger partial charge in [-0.25, -0.2) is 0 Å². The first-order valence-corrected chi connectivity index (χ1v) is 10.1. The molecule has 0 saturated carbocycles. The minimum Gasteiger partial charge on any atom is -0.317 e. The Morgan fingerprint density at radius 2 is 1.62 bits per heavy atom. The zero-order chi connectivity index (χ0) is 20.5. The second-order valence-corrected chi connectivity index (χ2v) is 7.88. The van der Waals surface area contributed by atoms with Gasteiger partial charge in [0.15, 0.2) is 5.11 Å². The Kier molecular flexibility index (Phi) is 5.17. The Morgan fingerprint density at radius 3 is 2.31 bits per heavy atom. The molecule has 5 nitrogen and oxygen atoms in total. The lowest BCUT2D eigenvalue weighted by Gasteiger charge is -2.29. The Morgan fingerprint density at radius 1 is 0.966 bits per heavy atom. The average molecular weight is 466 g/mol. The van der Waals surface area contributed by atoms with Crippen molar-refractivity contribution in [2.24, 2.45) is 0 Å². The minimum atomic E-state index is -0.507. The third-order valence-corrected chi connectivity index (χ3v) is 5.38. The highest BCUT2D eigenvalue weighted by Crippen LogP contribution is 2.24. The van der Waals surface area contributed by atoms with E-state index in [1.165, 1.54) is 4.90 Å². The number of aromatic nitrogens is 1. The van der Waals surface area contributed by atoms with Crippen LogP contribution in [0.2, 0.25) is 0 Å². The molecule has 29 heavy (non-hydrogen) atoms. The van der Waals surface area contributed by atoms with Crippen molar-refractivity contribution in [3.8, 4) is 5.69 Å². The van der Waals surface area contributed by atoms with Gasteiger partial charge in [0.25, 0.3) is 11.8 Å². The Hall–Kier alpha value is -3.03. The van der Waals surface area contributed by atoms with Crippen molar-refractivity contribution in [3.63, 3.8) is 0 Å². The number of aryl methyl sites for hydroxylation is 1. The van der Waals surface area contributed by atoms with Crippen LogP contribution in [0.5, 0.6) is 0 Å². The summed E-state index contributed by atoms with van der Waals surface area (Å²) in [5, 5.41) is 2.69. The Bertz CT molecular complexity index is 1150. The summed E-state index contributed by atoms with van der Waals surface area (Å²) in [5.74, 6) is -0.960. The highest BCUT2D eigenvalue weighted by Gasteiger charge is 2.34. The van der Waals surface area contributed by atoms with Crippen LogP contribution in [0.25, 0.3) is 11.8 Å². The summed E-state index contributed by atoms with van der Waals surface area (Å²) in [6, 6.07) is 18.9. The molecule has 2 amide bonds. The molecular formula is C22H16BrN3O2S. The average Bonchev–Trinajstić information content (AvgIpc) is 3.15. The molecule has 0 unspecified atom stereocenters. The van der Waals surface area contributed by atoms with Gasteiger partial charge in [-0.05, 0) is 73.7 Å². The lowest BCUT2D eigenvalue weighted by atomic mass is 10.1. The number of thiocarbonyl (C=S) groups is 1. The number of rotatable bonds is 3. The molecule has 1 aliphatic rings. The van der Waals surface area contributed by atoms with Crippen LogP contribution < -0.4 is 10.2 Å². The van der Waals surface area contributed by atoms with Crippen LogP contribution in [0.1, 0.15) is 11.3 Å². The van der Waals surface area contributed by atoms with E-state index < -0.39 is 11.8 Å². The molecule has 2 heterocycles. The maximum Gasteiger partial charge on any atom is 0.270 e. The summed E-state index contributed by atoms with van der Waals surface area (Å²) in [7, 11) is 0. The van der Waals surface area contributed by atoms with E-state index in [9.17, 15) is 9.59 Å². The van der Waals surface area contributed by atoms with Gasteiger partial charge in [-0.2, -0.15) is 0 Å². The summed E-state index contributed by atoms with van der Waals surface area (Å²) < 4.78 is 2.88. The largest absolute Gasteiger partial charge is 0.317 e. The predicted molar refractivity (Wildman–Crippen MR) is 121 cm³/mol. The van der Waals surface area contributed by atoms with Gasteiger partial charge in [0, 0.05) is 22.1 Å². The first-order chi connectivity index (χ1) is 13.9. The molecular weight excluding hydrogens is 450 g/mol. The number of hydrogen-bond donors (Lipinski definition) is 1. The molecule has 1 fully saturated rings. The number of carbonyl (C=O) groups excluding carboxylic acids is 2. The maximum absolute atomic E-state index is 13.1. The zero-order valence-corrected chi connectivity index (χ0v) is 17.8. The van der Waals surface area contributed by atoms with Crippen molar-refractivity contribution < 1.29 is 9.59 Å². The van der Waals surface area contributed by atoms with Crippen molar-refractivity contribution in [2.75, 3.05) is 4.90 Å². The molecule has 7 heteroatoms. The number of nitrogens with zero attached hydrogens (tertiary/aromatic N) is 2. The number of benzene rings is 2. The summed E-state index contributed by atoms with van der Waals surface area (Å²) in [4.78, 5) is 27.0. The molecule has 0 radical (unpaired) electrons. The van der Waals surface area contributed by atoms with Gasteiger partial charge in [-0.3, -0.25) is 19.8 Å². The first-order valence-electron chi connectivity index (χ1n) is 8.85. The number of carbonyl (C=O) groups is 2. The fourth-order valence-corrected chi connectivity index (χ4v) is 3.63. The van der Waals surface area contributed by atoms with Gasteiger partial charge < -0.3 is 4.57 Å². The van der Waals surface area contributed by atoms with Crippen molar-refractivity contribution in [2.45, 2.75) is 6.92 Å². The van der Waals surface area contributed by atoms with Crippen molar-refractivity contribution in [1.82, 2.24) is 9.88 Å². The van der Waals surface area contributed by atoms with Crippen LogP contribution in [0, 0.1) is 6.92 Å². The number of hydrogen-bond acceptors (Lipinski definition) is 3. The molecule has 0 spiro atoms. The lowest BCUT2D eigenvalue weighted by molar-refractivity contribution is -0.122. The van der Waals surface area contributed by atoms with Gasteiger partial charge in [-0.1, -0.05) is 33.6 Å². The van der Waals surface area contributed by atoms with Crippen LogP contribution in [0.15, 0.2) is 76.9 Å². The summed E-state index contributed by atoms with van der Waals surface area (Å²) in [6.45, 7) is 1.96. The summed E-state index contributed by atoms with van der Waals surface area (Å²) in [6.07, 6.45) is 3.46. The van der Waals surface area contributed by atoms with Crippen molar-refractivity contribution in [1.29, 1.82) is 0 Å². The SMILES string of the molecule is Cc1ccc(N2C(=O)C(=Cc3cccn3-c3ccc(Br)cc3)C(=O)NC2=S)cc1. The molecule has 2 aromatic carbocycles. The molecule has 1 saturated heterocycles. The molecule has 0 bridgehead atoms. The number of anilines is 1. The standard InChI is InChI=1S/C22H16BrN3O2S/c1-14-4-8-17(9-5-14)26-21(28)19(20(27)24-22(26)29)13-18-3-2-12-25(18)16-10-6-15(23)7-11-16/h2-13H,1H3,(H,24,27,29). The molecule has 4 rings (SSSR count). The lowest BCUT2D eigenvalue weighted by Crippen LogP contribution is -2.54. The molecule has 1 aromatic heterocycles. The monoisotopic (exact) mass is 465 g/mol. The smallest absolute Gasteiger partial charge is 0.270 e. The number of halogens is 1. The maximum atomic E-state index is 13.1. The van der Waals surface area contributed by atoms with Crippen LogP contribution in [0.3, 0.4) is 0 Å². The topological polar surface area (TPSA) is 54.3 Å². The fourth-order valence-electron chi connectivity index (χ4n) is 3.08. The minimum absolute atomic E-state index is 0.0243. The van der Waals surface area contributed by atoms with E-state index in [1.807, 2.05) is 66.2 Å². The Balaban J connectivity index is 1.73. The second-order valence-electron chi connectivity index (χ2n) is 6.57. The fraction of sp³-hybridized carbons (Fsp3) is 0.0455. The van der Waals surface area contributed by atoms with Gasteiger partial charge >= 0.3 is 0 Å². The molecule has 0 atom stereocenters.